The number of rotatable bonds is 4. The van der Waals surface area contributed by atoms with Crippen molar-refractivity contribution in [3.63, 3.8) is 0 Å². The Morgan fingerprint density at radius 1 is 1.11 bits per heavy atom. The molecule has 0 aliphatic heterocycles. The maximum Gasteiger partial charge on any atom is 0.258 e. The van der Waals surface area contributed by atoms with Crippen molar-refractivity contribution in [1.82, 2.24) is 4.98 Å². The Balaban J connectivity index is 2.33. The molecular formula is C13H10F3NO2. The molecule has 0 fully saturated rings. The van der Waals surface area contributed by atoms with E-state index in [0.717, 1.165) is 0 Å². The molecule has 1 aromatic heterocycles. The van der Waals surface area contributed by atoms with E-state index in [1.807, 2.05) is 0 Å². The molecule has 2 aromatic rings. The molecular weight excluding hydrogens is 259 g/mol. The molecule has 0 bridgehead atoms. The van der Waals surface area contributed by atoms with Gasteiger partial charge in [-0.15, -0.1) is 0 Å². The van der Waals surface area contributed by atoms with Crippen LogP contribution in [-0.4, -0.2) is 16.7 Å². The van der Waals surface area contributed by atoms with Crippen molar-refractivity contribution in [2.24, 2.45) is 0 Å². The molecule has 1 N–H and O–H groups in total. The Hall–Kier alpha value is -2.08. The van der Waals surface area contributed by atoms with Gasteiger partial charge in [0.05, 0.1) is 0 Å². The summed E-state index contributed by atoms with van der Waals surface area (Å²) in [4.78, 5) is 3.07. The van der Waals surface area contributed by atoms with E-state index in [-0.39, 0.29) is 12.4 Å². The molecule has 3 nitrogen and oxygen atoms in total. The van der Waals surface area contributed by atoms with Gasteiger partial charge in [0.2, 0.25) is 0 Å². The second kappa shape index (κ2) is 5.71. The fraction of sp³-hybridized carbons (Fsp3) is 0.154. The van der Waals surface area contributed by atoms with Gasteiger partial charge in [-0.05, 0) is 18.1 Å². The molecule has 19 heavy (non-hydrogen) atoms. The molecule has 6 heteroatoms. The Bertz CT molecular complexity index is 590. The number of para-hydroxylation sites is 1. The lowest BCUT2D eigenvalue weighted by atomic mass is 10.1. The van der Waals surface area contributed by atoms with Crippen LogP contribution in [0.2, 0.25) is 0 Å². The summed E-state index contributed by atoms with van der Waals surface area (Å²) in [5.41, 5.74) is 0.607. The number of aliphatic hydroxyl groups is 1. The van der Waals surface area contributed by atoms with E-state index in [1.165, 1.54) is 6.07 Å². The normalized spacial score (nSPS) is 10.5. The lowest BCUT2D eigenvalue weighted by Crippen LogP contribution is -2.00. The van der Waals surface area contributed by atoms with Gasteiger partial charge in [0.25, 0.3) is 11.8 Å². The van der Waals surface area contributed by atoms with Crippen LogP contribution in [0.4, 0.5) is 13.2 Å². The number of pyridine rings is 1. The van der Waals surface area contributed by atoms with Crippen LogP contribution >= 0.6 is 0 Å². The summed E-state index contributed by atoms with van der Waals surface area (Å²) in [6.45, 7) is -0.117. The molecule has 0 aliphatic carbocycles. The summed E-state index contributed by atoms with van der Waals surface area (Å²) < 4.78 is 44.2. The predicted octanol–water partition coefficient (Wildman–Crippen LogP) is 2.83. The van der Waals surface area contributed by atoms with Crippen molar-refractivity contribution in [2.45, 2.75) is 6.42 Å². The number of aliphatic hydroxyl groups excluding tert-OH is 1. The lowest BCUT2D eigenvalue weighted by molar-refractivity contribution is 0.297. The van der Waals surface area contributed by atoms with Gasteiger partial charge in [0, 0.05) is 12.7 Å². The third kappa shape index (κ3) is 3.03. The SMILES string of the molecule is OCCc1ccccc1Oc1nc(F)c(F)cc1F. The monoisotopic (exact) mass is 269 g/mol. The number of hydrogen-bond acceptors (Lipinski definition) is 3. The fourth-order valence-corrected chi connectivity index (χ4v) is 1.53. The second-order valence-electron chi connectivity index (χ2n) is 3.73. The topological polar surface area (TPSA) is 42.4 Å². The molecule has 0 spiro atoms. The molecule has 0 atom stereocenters. The van der Waals surface area contributed by atoms with Crippen molar-refractivity contribution in [1.29, 1.82) is 0 Å². The van der Waals surface area contributed by atoms with Crippen LogP contribution in [0.3, 0.4) is 0 Å². The zero-order valence-electron chi connectivity index (χ0n) is 9.74. The number of hydrogen-bond donors (Lipinski definition) is 1. The molecule has 1 heterocycles. The number of halogens is 3. The van der Waals surface area contributed by atoms with Crippen LogP contribution in [0, 0.1) is 17.6 Å². The van der Waals surface area contributed by atoms with E-state index in [0.29, 0.717) is 18.1 Å². The number of benzene rings is 1. The average Bonchev–Trinajstić information content (AvgIpc) is 2.38. The molecule has 0 radical (unpaired) electrons. The molecule has 0 unspecified atom stereocenters. The molecule has 2 rings (SSSR count). The van der Waals surface area contributed by atoms with Gasteiger partial charge in [-0.1, -0.05) is 18.2 Å². The smallest absolute Gasteiger partial charge is 0.258 e. The van der Waals surface area contributed by atoms with Crippen LogP contribution in [-0.2, 0) is 6.42 Å². The first-order chi connectivity index (χ1) is 9.11. The van der Waals surface area contributed by atoms with Gasteiger partial charge in [-0.25, -0.2) is 8.78 Å². The highest BCUT2D eigenvalue weighted by molar-refractivity contribution is 5.36. The van der Waals surface area contributed by atoms with Gasteiger partial charge in [0.15, 0.2) is 11.6 Å². The van der Waals surface area contributed by atoms with E-state index in [2.05, 4.69) is 4.98 Å². The van der Waals surface area contributed by atoms with Gasteiger partial charge in [0.1, 0.15) is 5.75 Å². The first kappa shape index (κ1) is 13.4. The molecule has 0 aliphatic rings. The van der Waals surface area contributed by atoms with Gasteiger partial charge >= 0.3 is 0 Å². The second-order valence-corrected chi connectivity index (χ2v) is 3.73. The number of nitrogens with zero attached hydrogens (tertiary/aromatic N) is 1. The predicted molar refractivity (Wildman–Crippen MR) is 61.4 cm³/mol. The minimum absolute atomic E-state index is 0.117. The van der Waals surface area contributed by atoms with Crippen LogP contribution in [0.25, 0.3) is 0 Å². The first-order valence-electron chi connectivity index (χ1n) is 5.50. The Kier molecular flexibility index (Phi) is 4.01. The summed E-state index contributed by atoms with van der Waals surface area (Å²) in [5.74, 6) is -4.33. The zero-order chi connectivity index (χ0) is 13.8. The van der Waals surface area contributed by atoms with Crippen LogP contribution in [0.5, 0.6) is 11.6 Å². The van der Waals surface area contributed by atoms with Crippen molar-refractivity contribution in [3.8, 4) is 11.6 Å². The number of aromatic nitrogens is 1. The Labute approximate surface area is 107 Å². The zero-order valence-corrected chi connectivity index (χ0v) is 9.74. The van der Waals surface area contributed by atoms with E-state index in [1.54, 1.807) is 18.2 Å². The highest BCUT2D eigenvalue weighted by atomic mass is 19.2. The minimum atomic E-state index is -1.43. The van der Waals surface area contributed by atoms with E-state index >= 15 is 0 Å². The highest BCUT2D eigenvalue weighted by Gasteiger charge is 2.14. The lowest BCUT2D eigenvalue weighted by Gasteiger charge is -2.10. The summed E-state index contributed by atoms with van der Waals surface area (Å²) in [6.07, 6.45) is 0.293. The van der Waals surface area contributed by atoms with Crippen LogP contribution in [0.1, 0.15) is 5.56 Å². The van der Waals surface area contributed by atoms with Crippen LogP contribution in [0.15, 0.2) is 30.3 Å². The molecule has 0 saturated heterocycles. The van der Waals surface area contributed by atoms with E-state index in [4.69, 9.17) is 9.84 Å². The van der Waals surface area contributed by atoms with Crippen molar-refractivity contribution in [3.05, 3.63) is 53.5 Å². The average molecular weight is 269 g/mol. The van der Waals surface area contributed by atoms with E-state index in [9.17, 15) is 13.2 Å². The largest absolute Gasteiger partial charge is 0.436 e. The first-order valence-corrected chi connectivity index (χ1v) is 5.50. The third-order valence-corrected chi connectivity index (χ3v) is 2.41. The summed E-state index contributed by atoms with van der Waals surface area (Å²) in [5, 5.41) is 8.89. The fourth-order valence-electron chi connectivity index (χ4n) is 1.53. The van der Waals surface area contributed by atoms with Gasteiger partial charge < -0.3 is 9.84 Å². The molecule has 100 valence electrons. The van der Waals surface area contributed by atoms with Crippen molar-refractivity contribution >= 4 is 0 Å². The van der Waals surface area contributed by atoms with Crippen molar-refractivity contribution in [2.75, 3.05) is 6.61 Å². The maximum absolute atomic E-state index is 13.4. The van der Waals surface area contributed by atoms with Gasteiger partial charge in [-0.3, -0.25) is 0 Å². The minimum Gasteiger partial charge on any atom is -0.436 e. The van der Waals surface area contributed by atoms with E-state index < -0.39 is 23.5 Å². The molecule has 0 amide bonds. The molecule has 0 saturated carbocycles. The highest BCUT2D eigenvalue weighted by Crippen LogP contribution is 2.26. The third-order valence-electron chi connectivity index (χ3n) is 2.41. The Morgan fingerprint density at radius 3 is 2.58 bits per heavy atom. The maximum atomic E-state index is 13.4. The van der Waals surface area contributed by atoms with Crippen molar-refractivity contribution < 1.29 is 23.0 Å². The summed E-state index contributed by atoms with van der Waals surface area (Å²) >= 11 is 0. The summed E-state index contributed by atoms with van der Waals surface area (Å²) in [7, 11) is 0. The van der Waals surface area contributed by atoms with Crippen LogP contribution < -0.4 is 4.74 Å². The Morgan fingerprint density at radius 2 is 1.84 bits per heavy atom. The quantitative estimate of drug-likeness (QED) is 0.868. The molecule has 1 aromatic carbocycles. The number of ether oxygens (including phenoxy) is 1. The van der Waals surface area contributed by atoms with Gasteiger partial charge in [-0.2, -0.15) is 9.37 Å². The standard InChI is InChI=1S/C13H10F3NO2/c14-9-7-10(15)13(17-12(9)16)19-11-4-2-1-3-8(11)5-6-18/h1-4,7,18H,5-6H2. The summed E-state index contributed by atoms with van der Waals surface area (Å²) in [6, 6.07) is 6.91.